The van der Waals surface area contributed by atoms with E-state index >= 15 is 0 Å². The van der Waals surface area contributed by atoms with E-state index in [2.05, 4.69) is 21.4 Å². The summed E-state index contributed by atoms with van der Waals surface area (Å²) in [5.41, 5.74) is 5.44. The zero-order valence-electron chi connectivity index (χ0n) is 18.3. The van der Waals surface area contributed by atoms with Crippen molar-refractivity contribution in [2.24, 2.45) is 0 Å². The first-order valence-electron chi connectivity index (χ1n) is 10.5. The molecule has 6 nitrogen and oxygen atoms in total. The number of amides is 1. The van der Waals surface area contributed by atoms with Gasteiger partial charge in [-0.05, 0) is 75.7 Å². The molecule has 1 aliphatic heterocycles. The fourth-order valence-corrected chi connectivity index (χ4v) is 3.66. The van der Waals surface area contributed by atoms with Gasteiger partial charge in [0, 0.05) is 23.7 Å². The normalized spacial score (nSPS) is 14.8. The van der Waals surface area contributed by atoms with Crippen molar-refractivity contribution < 1.29 is 14.3 Å². The smallest absolute Gasteiger partial charge is 0.251 e. The number of rotatable bonds is 6. The lowest BCUT2D eigenvalue weighted by atomic mass is 10.0. The summed E-state index contributed by atoms with van der Waals surface area (Å²) in [6.45, 7) is 8.29. The topological polar surface area (TPSA) is 73.3 Å². The van der Waals surface area contributed by atoms with Crippen molar-refractivity contribution in [3.63, 3.8) is 0 Å². The van der Waals surface area contributed by atoms with Gasteiger partial charge in [0.15, 0.2) is 0 Å². The molecule has 2 heterocycles. The van der Waals surface area contributed by atoms with Gasteiger partial charge in [-0.3, -0.25) is 9.78 Å². The molecule has 31 heavy (non-hydrogen) atoms. The van der Waals surface area contributed by atoms with Crippen LogP contribution in [0, 0.1) is 13.8 Å². The minimum Gasteiger partial charge on any atom is -0.491 e. The van der Waals surface area contributed by atoms with Crippen molar-refractivity contribution in [2.75, 3.05) is 6.54 Å². The standard InChI is InChI=1S/C25H27N3O3/c1-15(2)30-21-8-5-18(6-9-21)25(29)27-14-22-12-20-11-19(7-10-23(20)31-22)24-17(4)26-13-16(3)28-24/h5-11,13,15,22H,12,14H2,1-4H3,(H,27,29)/t22-/m0/s1. The van der Waals surface area contributed by atoms with Crippen molar-refractivity contribution >= 4 is 5.91 Å². The van der Waals surface area contributed by atoms with Gasteiger partial charge in [-0.2, -0.15) is 0 Å². The molecule has 0 saturated heterocycles. The number of hydrogen-bond acceptors (Lipinski definition) is 5. The second-order valence-electron chi connectivity index (χ2n) is 8.11. The highest BCUT2D eigenvalue weighted by molar-refractivity contribution is 5.94. The van der Waals surface area contributed by atoms with Crippen molar-refractivity contribution in [3.8, 4) is 22.8 Å². The number of hydrogen-bond donors (Lipinski definition) is 1. The second kappa shape index (κ2) is 8.76. The van der Waals surface area contributed by atoms with Gasteiger partial charge in [0.05, 0.1) is 29.7 Å². The van der Waals surface area contributed by atoms with Crippen LogP contribution in [0.3, 0.4) is 0 Å². The molecule has 4 rings (SSSR count). The predicted molar refractivity (Wildman–Crippen MR) is 120 cm³/mol. The van der Waals surface area contributed by atoms with Gasteiger partial charge < -0.3 is 14.8 Å². The van der Waals surface area contributed by atoms with E-state index < -0.39 is 0 Å². The third-order valence-corrected chi connectivity index (χ3v) is 5.13. The molecule has 1 aliphatic rings. The molecule has 6 heteroatoms. The van der Waals surface area contributed by atoms with Crippen LogP contribution < -0.4 is 14.8 Å². The highest BCUT2D eigenvalue weighted by Gasteiger charge is 2.24. The van der Waals surface area contributed by atoms with Crippen molar-refractivity contribution in [2.45, 2.75) is 46.3 Å². The largest absolute Gasteiger partial charge is 0.491 e. The van der Waals surface area contributed by atoms with Gasteiger partial charge >= 0.3 is 0 Å². The highest BCUT2D eigenvalue weighted by Crippen LogP contribution is 2.33. The van der Waals surface area contributed by atoms with Crippen LogP contribution in [-0.4, -0.2) is 34.6 Å². The molecule has 1 amide bonds. The summed E-state index contributed by atoms with van der Waals surface area (Å²) in [7, 11) is 0. The molecule has 0 aliphatic carbocycles. The Hall–Kier alpha value is -3.41. The van der Waals surface area contributed by atoms with E-state index in [1.807, 2.05) is 52.0 Å². The minimum atomic E-state index is -0.123. The molecule has 0 bridgehead atoms. The first-order valence-corrected chi connectivity index (χ1v) is 10.5. The first-order chi connectivity index (χ1) is 14.9. The number of benzene rings is 2. The Morgan fingerprint density at radius 2 is 1.97 bits per heavy atom. The molecular weight excluding hydrogens is 390 g/mol. The van der Waals surface area contributed by atoms with E-state index in [4.69, 9.17) is 9.47 Å². The first kappa shape index (κ1) is 20.8. The van der Waals surface area contributed by atoms with Crippen LogP contribution in [0.2, 0.25) is 0 Å². The van der Waals surface area contributed by atoms with E-state index in [0.717, 1.165) is 46.1 Å². The maximum Gasteiger partial charge on any atom is 0.251 e. The SMILES string of the molecule is Cc1cnc(C)c(-c2ccc3c(c2)C[C@@H](CNC(=O)c2ccc(OC(C)C)cc2)O3)n1. The Bertz CT molecular complexity index is 1090. The molecule has 0 unspecified atom stereocenters. The van der Waals surface area contributed by atoms with Crippen molar-refractivity contribution in [3.05, 3.63) is 71.2 Å². The number of carbonyl (C=O) groups is 1. The third-order valence-electron chi connectivity index (χ3n) is 5.13. The Balaban J connectivity index is 1.37. The van der Waals surface area contributed by atoms with Gasteiger partial charge in [0.1, 0.15) is 17.6 Å². The van der Waals surface area contributed by atoms with Crippen LogP contribution >= 0.6 is 0 Å². The summed E-state index contributed by atoms with van der Waals surface area (Å²) < 4.78 is 11.7. The summed E-state index contributed by atoms with van der Waals surface area (Å²) >= 11 is 0. The van der Waals surface area contributed by atoms with Crippen LogP contribution in [0.15, 0.2) is 48.7 Å². The number of ether oxygens (including phenoxy) is 2. The number of aryl methyl sites for hydroxylation is 2. The Labute approximate surface area is 182 Å². The maximum atomic E-state index is 12.5. The van der Waals surface area contributed by atoms with E-state index in [1.54, 1.807) is 18.3 Å². The lowest BCUT2D eigenvalue weighted by Gasteiger charge is -2.13. The van der Waals surface area contributed by atoms with E-state index in [1.165, 1.54) is 0 Å². The lowest BCUT2D eigenvalue weighted by molar-refractivity contribution is 0.0933. The number of fused-ring (bicyclic) bond motifs is 1. The lowest BCUT2D eigenvalue weighted by Crippen LogP contribution is -2.34. The molecule has 1 aromatic heterocycles. The molecule has 160 valence electrons. The van der Waals surface area contributed by atoms with E-state index in [9.17, 15) is 4.79 Å². The van der Waals surface area contributed by atoms with E-state index in [-0.39, 0.29) is 18.1 Å². The molecule has 0 fully saturated rings. The highest BCUT2D eigenvalue weighted by atomic mass is 16.5. The maximum absolute atomic E-state index is 12.5. The number of nitrogens with one attached hydrogen (secondary N) is 1. The summed E-state index contributed by atoms with van der Waals surface area (Å²) in [5.74, 6) is 1.49. The van der Waals surface area contributed by atoms with Gasteiger partial charge in [-0.1, -0.05) is 0 Å². The van der Waals surface area contributed by atoms with E-state index in [0.29, 0.717) is 12.1 Å². The van der Waals surface area contributed by atoms with Gasteiger partial charge in [-0.15, -0.1) is 0 Å². The quantitative estimate of drug-likeness (QED) is 0.648. The van der Waals surface area contributed by atoms with Crippen LogP contribution in [0.5, 0.6) is 11.5 Å². The molecule has 2 aromatic carbocycles. The number of aromatic nitrogens is 2. The zero-order valence-corrected chi connectivity index (χ0v) is 18.3. The Morgan fingerprint density at radius 1 is 1.19 bits per heavy atom. The Morgan fingerprint density at radius 3 is 2.71 bits per heavy atom. The molecule has 0 spiro atoms. The molecule has 3 aromatic rings. The average molecular weight is 418 g/mol. The van der Waals surface area contributed by atoms with Crippen molar-refractivity contribution in [1.82, 2.24) is 15.3 Å². The molecule has 0 radical (unpaired) electrons. The molecule has 1 N–H and O–H groups in total. The molecule has 0 saturated carbocycles. The summed E-state index contributed by atoms with van der Waals surface area (Å²) in [6, 6.07) is 13.3. The zero-order chi connectivity index (χ0) is 22.0. The number of carbonyl (C=O) groups excluding carboxylic acids is 1. The van der Waals surface area contributed by atoms with Gasteiger partial charge in [0.2, 0.25) is 0 Å². The summed E-state index contributed by atoms with van der Waals surface area (Å²) in [4.78, 5) is 21.5. The van der Waals surface area contributed by atoms with Crippen LogP contribution in [-0.2, 0) is 6.42 Å². The number of nitrogens with zero attached hydrogens (tertiary/aromatic N) is 2. The van der Waals surface area contributed by atoms with Crippen molar-refractivity contribution in [1.29, 1.82) is 0 Å². The van der Waals surface area contributed by atoms with Gasteiger partial charge in [-0.25, -0.2) is 4.98 Å². The van der Waals surface area contributed by atoms with Crippen LogP contribution in [0.25, 0.3) is 11.3 Å². The predicted octanol–water partition coefficient (Wildman–Crippen LogP) is 4.28. The minimum absolute atomic E-state index is 0.0950. The average Bonchev–Trinajstić information content (AvgIpc) is 3.16. The monoisotopic (exact) mass is 417 g/mol. The molecule has 1 atom stereocenters. The third kappa shape index (κ3) is 4.85. The summed E-state index contributed by atoms with van der Waals surface area (Å²) in [5, 5.41) is 2.97. The fraction of sp³-hybridized carbons (Fsp3) is 0.320. The Kier molecular flexibility index (Phi) is 5.89. The molecular formula is C25H27N3O3. The summed E-state index contributed by atoms with van der Waals surface area (Å²) in [6.07, 6.45) is 2.52. The van der Waals surface area contributed by atoms with Crippen LogP contribution in [0.4, 0.5) is 0 Å². The second-order valence-corrected chi connectivity index (χ2v) is 8.11. The fourth-order valence-electron chi connectivity index (χ4n) is 3.66. The van der Waals surface area contributed by atoms with Crippen LogP contribution in [0.1, 0.15) is 41.2 Å². The van der Waals surface area contributed by atoms with Gasteiger partial charge in [0.25, 0.3) is 5.91 Å².